The molecule has 2 heterocycles. The number of hydrogen-bond acceptors (Lipinski definition) is 6. The van der Waals surface area contributed by atoms with Crippen molar-refractivity contribution in [3.05, 3.63) is 100 Å². The lowest BCUT2D eigenvalue weighted by molar-refractivity contribution is -0.122. The largest absolute Gasteiger partial charge is 0.496 e. The number of amides is 6. The van der Waals surface area contributed by atoms with Crippen LogP contribution < -0.4 is 15.0 Å². The van der Waals surface area contributed by atoms with E-state index < -0.39 is 29.7 Å². The van der Waals surface area contributed by atoms with Crippen LogP contribution >= 0.6 is 0 Å². The van der Waals surface area contributed by atoms with Gasteiger partial charge in [-0.1, -0.05) is 44.2 Å². The molecular weight excluding hydrogens is 498 g/mol. The van der Waals surface area contributed by atoms with E-state index in [0.29, 0.717) is 33.7 Å². The lowest BCUT2D eigenvalue weighted by atomic mass is 10.0. The summed E-state index contributed by atoms with van der Waals surface area (Å²) in [7, 11) is 1.46. The molecule has 0 saturated carbocycles. The van der Waals surface area contributed by atoms with Crippen molar-refractivity contribution >= 4 is 41.4 Å². The van der Waals surface area contributed by atoms with Gasteiger partial charge < -0.3 is 4.74 Å². The minimum absolute atomic E-state index is 0.0700. The van der Waals surface area contributed by atoms with Gasteiger partial charge in [0.15, 0.2) is 0 Å². The molecule has 1 N–H and O–H groups in total. The van der Waals surface area contributed by atoms with Crippen molar-refractivity contribution in [2.45, 2.75) is 26.3 Å². The number of urea groups is 1. The highest BCUT2D eigenvalue weighted by Gasteiger charge is 2.37. The van der Waals surface area contributed by atoms with Crippen LogP contribution in [0, 0.1) is 0 Å². The third-order valence-electron chi connectivity index (χ3n) is 6.74. The summed E-state index contributed by atoms with van der Waals surface area (Å²) in [6.07, 6.45) is 1.37. The zero-order valence-corrected chi connectivity index (χ0v) is 21.6. The second-order valence-electron chi connectivity index (χ2n) is 9.52. The van der Waals surface area contributed by atoms with Crippen LogP contribution in [0.25, 0.3) is 6.08 Å². The molecule has 0 aliphatic carbocycles. The lowest BCUT2D eigenvalue weighted by Crippen LogP contribution is -2.54. The third kappa shape index (κ3) is 4.59. The molecule has 6 amide bonds. The highest BCUT2D eigenvalue weighted by molar-refractivity contribution is 6.39. The van der Waals surface area contributed by atoms with E-state index in [4.69, 9.17) is 4.74 Å². The van der Waals surface area contributed by atoms with Gasteiger partial charge in [-0.25, -0.2) is 9.69 Å². The predicted octanol–water partition coefficient (Wildman–Crippen LogP) is 4.28. The zero-order chi connectivity index (χ0) is 27.8. The summed E-state index contributed by atoms with van der Waals surface area (Å²) in [6, 6.07) is 17.6. The van der Waals surface area contributed by atoms with E-state index in [1.54, 1.807) is 54.6 Å². The van der Waals surface area contributed by atoms with Crippen molar-refractivity contribution in [3.63, 3.8) is 0 Å². The standard InChI is InChI=1S/C30H25N3O6/c1-17(2)19-9-11-21(12-10-19)33-29(37)24(26(34)31-30(33)38)15-18-8-13-25(39-3)20(14-18)16-32-27(35)22-6-4-5-7-23(22)28(32)36/h4-15,17H,16H2,1-3H3,(H,31,34,38)/b24-15+. The molecule has 0 bridgehead atoms. The first-order valence-corrected chi connectivity index (χ1v) is 12.3. The number of hydrogen-bond donors (Lipinski definition) is 1. The molecule has 39 heavy (non-hydrogen) atoms. The van der Waals surface area contributed by atoms with Gasteiger partial charge in [0.1, 0.15) is 11.3 Å². The summed E-state index contributed by atoms with van der Waals surface area (Å²) in [5.41, 5.74) is 2.75. The Morgan fingerprint density at radius 1 is 0.846 bits per heavy atom. The monoisotopic (exact) mass is 523 g/mol. The van der Waals surface area contributed by atoms with Gasteiger partial charge in [-0.2, -0.15) is 0 Å². The van der Waals surface area contributed by atoms with Gasteiger partial charge >= 0.3 is 6.03 Å². The lowest BCUT2D eigenvalue weighted by Gasteiger charge is -2.26. The van der Waals surface area contributed by atoms with Crippen LogP contribution in [-0.2, 0) is 16.1 Å². The van der Waals surface area contributed by atoms with Gasteiger partial charge in [0, 0.05) is 5.56 Å². The number of benzene rings is 3. The molecular formula is C30H25N3O6. The first-order chi connectivity index (χ1) is 18.7. The number of carbonyl (C=O) groups excluding carboxylic acids is 5. The summed E-state index contributed by atoms with van der Waals surface area (Å²) in [5.74, 6) is -1.72. The van der Waals surface area contributed by atoms with Gasteiger partial charge in [-0.3, -0.25) is 29.4 Å². The third-order valence-corrected chi connectivity index (χ3v) is 6.74. The van der Waals surface area contributed by atoms with Gasteiger partial charge in [-0.15, -0.1) is 0 Å². The fraction of sp³-hybridized carbons (Fsp3) is 0.167. The van der Waals surface area contributed by atoms with Crippen LogP contribution in [0.5, 0.6) is 5.75 Å². The number of barbiturate groups is 1. The SMILES string of the molecule is COc1ccc(/C=C2\C(=O)NC(=O)N(c3ccc(C(C)C)cc3)C2=O)cc1CN1C(=O)c2ccccc2C1=O. The number of fused-ring (bicyclic) bond motifs is 1. The number of methoxy groups -OCH3 is 1. The van der Waals surface area contributed by atoms with Crippen molar-refractivity contribution in [2.24, 2.45) is 0 Å². The molecule has 0 aromatic heterocycles. The molecule has 1 saturated heterocycles. The van der Waals surface area contributed by atoms with Crippen molar-refractivity contribution in [3.8, 4) is 5.75 Å². The maximum atomic E-state index is 13.3. The minimum Gasteiger partial charge on any atom is -0.496 e. The number of carbonyl (C=O) groups is 5. The maximum Gasteiger partial charge on any atom is 0.335 e. The van der Waals surface area contributed by atoms with Crippen LogP contribution in [0.1, 0.15) is 57.2 Å². The molecule has 2 aliphatic rings. The van der Waals surface area contributed by atoms with Gasteiger partial charge in [0.05, 0.1) is 30.5 Å². The van der Waals surface area contributed by atoms with Gasteiger partial charge in [-0.05, 0) is 59.5 Å². The van der Waals surface area contributed by atoms with E-state index in [-0.39, 0.29) is 18.0 Å². The Morgan fingerprint density at radius 3 is 2.08 bits per heavy atom. The average molecular weight is 524 g/mol. The number of ether oxygens (including phenoxy) is 1. The maximum absolute atomic E-state index is 13.3. The quantitative estimate of drug-likeness (QED) is 0.293. The summed E-state index contributed by atoms with van der Waals surface area (Å²) in [6.45, 7) is 4.00. The zero-order valence-electron chi connectivity index (χ0n) is 21.6. The van der Waals surface area contributed by atoms with Crippen LogP contribution in [0.15, 0.2) is 72.3 Å². The van der Waals surface area contributed by atoms with E-state index in [2.05, 4.69) is 5.32 Å². The van der Waals surface area contributed by atoms with E-state index >= 15 is 0 Å². The van der Waals surface area contributed by atoms with E-state index in [9.17, 15) is 24.0 Å². The minimum atomic E-state index is -0.833. The predicted molar refractivity (Wildman–Crippen MR) is 143 cm³/mol. The Hall–Kier alpha value is -5.05. The highest BCUT2D eigenvalue weighted by Crippen LogP contribution is 2.29. The molecule has 5 rings (SSSR count). The fourth-order valence-corrected chi connectivity index (χ4v) is 4.63. The Kier molecular flexibility index (Phi) is 6.57. The van der Waals surface area contributed by atoms with E-state index in [1.807, 2.05) is 26.0 Å². The first-order valence-electron chi connectivity index (χ1n) is 12.3. The van der Waals surface area contributed by atoms with Crippen LogP contribution in [0.2, 0.25) is 0 Å². The Morgan fingerprint density at radius 2 is 1.49 bits per heavy atom. The second kappa shape index (κ2) is 10.0. The van der Waals surface area contributed by atoms with Gasteiger partial charge in [0.25, 0.3) is 23.6 Å². The van der Waals surface area contributed by atoms with Crippen LogP contribution in [-0.4, -0.2) is 41.7 Å². The van der Waals surface area contributed by atoms with Crippen molar-refractivity contribution in [2.75, 3.05) is 12.0 Å². The first kappa shape index (κ1) is 25.6. The topological polar surface area (TPSA) is 113 Å². The number of imide groups is 3. The molecule has 3 aromatic carbocycles. The van der Waals surface area contributed by atoms with Crippen molar-refractivity contribution < 1.29 is 28.7 Å². The second-order valence-corrected chi connectivity index (χ2v) is 9.52. The molecule has 2 aliphatic heterocycles. The Bertz CT molecular complexity index is 1540. The van der Waals surface area contributed by atoms with Crippen molar-refractivity contribution in [1.29, 1.82) is 0 Å². The normalized spacial score (nSPS) is 16.3. The number of rotatable bonds is 6. The molecule has 9 heteroatoms. The van der Waals surface area contributed by atoms with E-state index in [0.717, 1.165) is 15.4 Å². The summed E-state index contributed by atoms with van der Waals surface area (Å²) < 4.78 is 5.44. The van der Waals surface area contributed by atoms with E-state index in [1.165, 1.54) is 13.2 Å². The Balaban J connectivity index is 1.46. The molecule has 1 fully saturated rings. The molecule has 9 nitrogen and oxygen atoms in total. The molecule has 0 spiro atoms. The highest BCUT2D eigenvalue weighted by atomic mass is 16.5. The number of anilines is 1. The average Bonchev–Trinajstić information content (AvgIpc) is 3.16. The summed E-state index contributed by atoms with van der Waals surface area (Å²) >= 11 is 0. The molecule has 0 radical (unpaired) electrons. The smallest absolute Gasteiger partial charge is 0.335 e. The molecule has 196 valence electrons. The van der Waals surface area contributed by atoms with Crippen LogP contribution in [0.4, 0.5) is 10.5 Å². The van der Waals surface area contributed by atoms with Crippen LogP contribution in [0.3, 0.4) is 0 Å². The van der Waals surface area contributed by atoms with Crippen molar-refractivity contribution in [1.82, 2.24) is 10.2 Å². The molecule has 3 aromatic rings. The molecule has 0 unspecified atom stereocenters. The number of nitrogens with zero attached hydrogens (tertiary/aromatic N) is 2. The Labute approximate surface area is 224 Å². The number of nitrogens with one attached hydrogen (secondary N) is 1. The summed E-state index contributed by atoms with van der Waals surface area (Å²) in [4.78, 5) is 66.4. The van der Waals surface area contributed by atoms with Gasteiger partial charge in [0.2, 0.25) is 0 Å². The molecule has 0 atom stereocenters. The summed E-state index contributed by atoms with van der Waals surface area (Å²) in [5, 5.41) is 2.22. The fourth-order valence-electron chi connectivity index (χ4n) is 4.63.